The number of amides is 2. The van der Waals surface area contributed by atoms with Crippen LogP contribution in [0.4, 0.5) is 4.79 Å². The van der Waals surface area contributed by atoms with Crippen molar-refractivity contribution in [2.45, 2.75) is 32.2 Å². The van der Waals surface area contributed by atoms with E-state index in [0.29, 0.717) is 31.5 Å². The highest BCUT2D eigenvalue weighted by Gasteiger charge is 2.24. The van der Waals surface area contributed by atoms with Crippen molar-refractivity contribution in [2.75, 3.05) is 53.0 Å². The van der Waals surface area contributed by atoms with Crippen LogP contribution < -0.4 is 15.4 Å². The van der Waals surface area contributed by atoms with Crippen LogP contribution >= 0.6 is 0 Å². The van der Waals surface area contributed by atoms with Crippen molar-refractivity contribution in [1.29, 1.82) is 0 Å². The van der Waals surface area contributed by atoms with Crippen LogP contribution in [0.15, 0.2) is 29.3 Å². The molecule has 1 aromatic rings. The molecule has 1 aliphatic heterocycles. The van der Waals surface area contributed by atoms with E-state index in [1.54, 1.807) is 11.9 Å². The lowest BCUT2D eigenvalue weighted by Gasteiger charge is -2.35. The molecular weight excluding hydrogens is 398 g/mol. The van der Waals surface area contributed by atoms with Crippen molar-refractivity contribution in [3.63, 3.8) is 0 Å². The molecule has 1 heterocycles. The second kappa shape index (κ2) is 11.4. The van der Waals surface area contributed by atoms with Crippen molar-refractivity contribution in [3.05, 3.63) is 29.8 Å². The second-order valence-corrected chi connectivity index (χ2v) is 7.67. The topological polar surface area (TPSA) is 95.5 Å². The summed E-state index contributed by atoms with van der Waals surface area (Å²) in [6.45, 7) is 5.70. The molecule has 0 aromatic heterocycles. The molecule has 0 bridgehead atoms. The summed E-state index contributed by atoms with van der Waals surface area (Å²) in [5, 5.41) is 6.30. The van der Waals surface area contributed by atoms with Crippen LogP contribution in [0.1, 0.15) is 25.3 Å². The molecule has 1 saturated carbocycles. The number of nitrogens with one attached hydrogen (secondary N) is 2. The Morgan fingerprint density at radius 3 is 2.39 bits per heavy atom. The van der Waals surface area contributed by atoms with Gasteiger partial charge >= 0.3 is 6.09 Å². The summed E-state index contributed by atoms with van der Waals surface area (Å²) in [7, 11) is 1.77. The molecule has 0 radical (unpaired) electrons. The second-order valence-electron chi connectivity index (χ2n) is 7.67. The summed E-state index contributed by atoms with van der Waals surface area (Å²) in [5.74, 6) is 1.47. The fourth-order valence-electron chi connectivity index (χ4n) is 3.36. The van der Waals surface area contributed by atoms with Gasteiger partial charge in [-0.3, -0.25) is 9.79 Å². The Morgan fingerprint density at radius 1 is 1.10 bits per heavy atom. The molecule has 0 spiro atoms. The third-order valence-corrected chi connectivity index (χ3v) is 5.25. The molecule has 2 amide bonds. The van der Waals surface area contributed by atoms with Gasteiger partial charge in [-0.05, 0) is 43.9 Å². The molecule has 2 aliphatic rings. The summed E-state index contributed by atoms with van der Waals surface area (Å²) in [5.41, 5.74) is 1.17. The molecule has 9 nitrogen and oxygen atoms in total. The van der Waals surface area contributed by atoms with Crippen LogP contribution in [0.3, 0.4) is 0 Å². The highest BCUT2D eigenvalue weighted by molar-refractivity contribution is 5.80. The van der Waals surface area contributed by atoms with E-state index in [2.05, 4.69) is 20.5 Å². The Bertz CT molecular complexity index is 756. The van der Waals surface area contributed by atoms with Gasteiger partial charge in [0, 0.05) is 45.8 Å². The largest absolute Gasteiger partial charge is 0.484 e. The van der Waals surface area contributed by atoms with Gasteiger partial charge in [-0.2, -0.15) is 0 Å². The number of nitrogens with zero attached hydrogens (tertiary/aromatic N) is 3. The number of piperazine rings is 1. The van der Waals surface area contributed by atoms with Crippen molar-refractivity contribution < 1.29 is 19.1 Å². The lowest BCUT2D eigenvalue weighted by atomic mass is 10.1. The van der Waals surface area contributed by atoms with E-state index in [0.717, 1.165) is 44.9 Å². The van der Waals surface area contributed by atoms with E-state index in [1.807, 2.05) is 31.2 Å². The molecule has 170 valence electrons. The van der Waals surface area contributed by atoms with Gasteiger partial charge in [-0.15, -0.1) is 0 Å². The van der Waals surface area contributed by atoms with E-state index < -0.39 is 0 Å². The van der Waals surface area contributed by atoms with Crippen molar-refractivity contribution in [3.8, 4) is 5.75 Å². The Labute approximate surface area is 183 Å². The molecule has 9 heteroatoms. The highest BCUT2D eigenvalue weighted by atomic mass is 16.6. The molecular formula is C22H33N5O4. The van der Waals surface area contributed by atoms with Crippen LogP contribution in [-0.4, -0.2) is 86.8 Å². The Kier molecular flexibility index (Phi) is 8.37. The summed E-state index contributed by atoms with van der Waals surface area (Å²) < 4.78 is 10.6. The van der Waals surface area contributed by atoms with E-state index in [4.69, 9.17) is 9.47 Å². The van der Waals surface area contributed by atoms with Crippen molar-refractivity contribution in [2.24, 2.45) is 4.99 Å². The van der Waals surface area contributed by atoms with Crippen LogP contribution in [0.2, 0.25) is 0 Å². The number of hydrogen-bond acceptors (Lipinski definition) is 5. The number of rotatable bonds is 8. The van der Waals surface area contributed by atoms with Gasteiger partial charge in [-0.1, -0.05) is 12.1 Å². The number of ether oxygens (including phenoxy) is 2. The monoisotopic (exact) mass is 431 g/mol. The van der Waals surface area contributed by atoms with Gasteiger partial charge < -0.3 is 29.9 Å². The van der Waals surface area contributed by atoms with Gasteiger partial charge in [0.25, 0.3) is 5.91 Å². The zero-order valence-electron chi connectivity index (χ0n) is 18.4. The van der Waals surface area contributed by atoms with E-state index in [-0.39, 0.29) is 18.6 Å². The highest BCUT2D eigenvalue weighted by Crippen LogP contribution is 2.18. The van der Waals surface area contributed by atoms with Gasteiger partial charge in [-0.25, -0.2) is 4.79 Å². The SMILES string of the molecule is CCOC(=O)N1CCN(C(=NC)NCCc2ccc(OCC(=O)NC3CC3)cc2)CC1. The number of carbonyl (C=O) groups is 2. The number of guanidine groups is 1. The molecule has 1 aromatic carbocycles. The third kappa shape index (κ3) is 7.34. The summed E-state index contributed by atoms with van der Waals surface area (Å²) >= 11 is 0. The Morgan fingerprint density at radius 2 is 1.77 bits per heavy atom. The average molecular weight is 432 g/mol. The Hall–Kier alpha value is -2.97. The molecule has 31 heavy (non-hydrogen) atoms. The van der Waals surface area contributed by atoms with Gasteiger partial charge in [0.1, 0.15) is 5.75 Å². The molecule has 2 fully saturated rings. The van der Waals surface area contributed by atoms with Crippen LogP contribution in [0.25, 0.3) is 0 Å². The molecule has 1 saturated heterocycles. The van der Waals surface area contributed by atoms with Crippen molar-refractivity contribution >= 4 is 18.0 Å². The lowest BCUT2D eigenvalue weighted by molar-refractivity contribution is -0.123. The van der Waals surface area contributed by atoms with Gasteiger partial charge in [0.2, 0.25) is 0 Å². The van der Waals surface area contributed by atoms with Gasteiger partial charge in [0.15, 0.2) is 12.6 Å². The zero-order valence-corrected chi connectivity index (χ0v) is 18.4. The maximum absolute atomic E-state index is 11.8. The van der Waals surface area contributed by atoms with E-state index in [9.17, 15) is 9.59 Å². The number of aliphatic imine (C=N–C) groups is 1. The van der Waals surface area contributed by atoms with Crippen LogP contribution in [0, 0.1) is 0 Å². The minimum absolute atomic E-state index is 0.0527. The molecule has 3 rings (SSSR count). The first-order valence-electron chi connectivity index (χ1n) is 11.0. The van der Waals surface area contributed by atoms with E-state index >= 15 is 0 Å². The predicted octanol–water partition coefficient (Wildman–Crippen LogP) is 1.24. The smallest absolute Gasteiger partial charge is 0.409 e. The Balaban J connectivity index is 1.35. The molecule has 2 N–H and O–H groups in total. The van der Waals surface area contributed by atoms with E-state index in [1.165, 1.54) is 5.56 Å². The minimum Gasteiger partial charge on any atom is -0.484 e. The van der Waals surface area contributed by atoms with Crippen LogP contribution in [-0.2, 0) is 16.0 Å². The summed E-state index contributed by atoms with van der Waals surface area (Å²) in [4.78, 5) is 31.8. The van der Waals surface area contributed by atoms with Gasteiger partial charge in [0.05, 0.1) is 6.61 Å². The lowest BCUT2D eigenvalue weighted by Crippen LogP contribution is -2.54. The number of benzene rings is 1. The predicted molar refractivity (Wildman–Crippen MR) is 118 cm³/mol. The summed E-state index contributed by atoms with van der Waals surface area (Å²) in [6, 6.07) is 8.16. The molecule has 0 atom stereocenters. The first kappa shape index (κ1) is 22.7. The normalized spacial score (nSPS) is 16.6. The maximum atomic E-state index is 11.8. The quantitative estimate of drug-likeness (QED) is 0.475. The molecule has 1 aliphatic carbocycles. The third-order valence-electron chi connectivity index (χ3n) is 5.25. The maximum Gasteiger partial charge on any atom is 0.409 e. The number of hydrogen-bond donors (Lipinski definition) is 2. The fraction of sp³-hybridized carbons (Fsp3) is 0.591. The summed E-state index contributed by atoms with van der Waals surface area (Å²) in [6.07, 6.45) is 2.73. The minimum atomic E-state index is -0.249. The first-order valence-corrected chi connectivity index (χ1v) is 11.0. The zero-order chi connectivity index (χ0) is 22.1. The van der Waals surface area contributed by atoms with Crippen molar-refractivity contribution in [1.82, 2.24) is 20.4 Å². The molecule has 0 unspecified atom stereocenters. The average Bonchev–Trinajstić information content (AvgIpc) is 3.60. The standard InChI is InChI=1S/C22H33N5O4/c1-3-30-22(29)27-14-12-26(13-15-27)21(23-2)24-11-10-17-4-8-19(9-5-17)31-16-20(28)25-18-6-7-18/h4-5,8-9,18H,3,6-7,10-16H2,1-2H3,(H,23,24)(H,25,28). The number of carbonyl (C=O) groups excluding carboxylic acids is 2. The van der Waals surface area contributed by atoms with Crippen LogP contribution in [0.5, 0.6) is 5.75 Å². The fourth-order valence-corrected chi connectivity index (χ4v) is 3.36. The first-order chi connectivity index (χ1) is 15.1.